The highest BCUT2D eigenvalue weighted by atomic mass is 32.1. The van der Waals surface area contributed by atoms with Crippen LogP contribution in [-0.2, 0) is 6.42 Å². The van der Waals surface area contributed by atoms with Gasteiger partial charge in [0.05, 0.1) is 0 Å². The summed E-state index contributed by atoms with van der Waals surface area (Å²) in [6, 6.07) is 2.20. The van der Waals surface area contributed by atoms with Crippen LogP contribution in [0.25, 0.3) is 0 Å². The fourth-order valence-corrected chi connectivity index (χ4v) is 1.93. The lowest BCUT2D eigenvalue weighted by atomic mass is 10.2. The van der Waals surface area contributed by atoms with Crippen LogP contribution in [0, 0.1) is 0 Å². The first-order chi connectivity index (χ1) is 6.33. The van der Waals surface area contributed by atoms with Gasteiger partial charge in [-0.15, -0.1) is 0 Å². The van der Waals surface area contributed by atoms with Crippen molar-refractivity contribution in [1.82, 2.24) is 4.90 Å². The molecule has 0 saturated carbocycles. The van der Waals surface area contributed by atoms with Crippen molar-refractivity contribution in [2.24, 2.45) is 5.73 Å². The normalized spacial score (nSPS) is 11.0. The fraction of sp³-hybridized carbons (Fsp3) is 0.600. The predicted octanol–water partition coefficient (Wildman–Crippen LogP) is 1.57. The second-order valence-corrected chi connectivity index (χ2v) is 4.11. The number of nitrogens with two attached hydrogens (primary N) is 1. The van der Waals surface area contributed by atoms with Gasteiger partial charge in [-0.2, -0.15) is 11.3 Å². The van der Waals surface area contributed by atoms with Crippen molar-refractivity contribution < 1.29 is 0 Å². The van der Waals surface area contributed by atoms with Crippen LogP contribution in [0.5, 0.6) is 0 Å². The Morgan fingerprint density at radius 2 is 2.31 bits per heavy atom. The van der Waals surface area contributed by atoms with Crippen LogP contribution in [0.2, 0.25) is 0 Å². The molecule has 0 aliphatic heterocycles. The van der Waals surface area contributed by atoms with E-state index in [1.165, 1.54) is 5.56 Å². The zero-order chi connectivity index (χ0) is 9.52. The first kappa shape index (κ1) is 10.7. The van der Waals surface area contributed by atoms with E-state index in [0.717, 1.165) is 32.5 Å². The summed E-state index contributed by atoms with van der Waals surface area (Å²) < 4.78 is 0. The van der Waals surface area contributed by atoms with E-state index in [-0.39, 0.29) is 0 Å². The van der Waals surface area contributed by atoms with Gasteiger partial charge in [-0.25, -0.2) is 0 Å². The first-order valence-corrected chi connectivity index (χ1v) is 5.67. The molecule has 0 amide bonds. The molecule has 0 aliphatic carbocycles. The van der Waals surface area contributed by atoms with E-state index in [0.29, 0.717) is 0 Å². The average molecular weight is 198 g/mol. The van der Waals surface area contributed by atoms with Crippen LogP contribution in [0.3, 0.4) is 0 Å². The van der Waals surface area contributed by atoms with Gasteiger partial charge in [0.2, 0.25) is 0 Å². The number of rotatable bonds is 6. The molecule has 0 atom stereocenters. The minimum atomic E-state index is 0.794. The van der Waals surface area contributed by atoms with Crippen LogP contribution in [0.1, 0.15) is 12.0 Å². The second kappa shape index (κ2) is 6.13. The number of hydrogen-bond donors (Lipinski definition) is 1. The highest BCUT2D eigenvalue weighted by Gasteiger charge is 1.98. The molecule has 0 unspecified atom stereocenters. The van der Waals surface area contributed by atoms with E-state index >= 15 is 0 Å². The van der Waals surface area contributed by atoms with E-state index in [1.54, 1.807) is 11.3 Å². The van der Waals surface area contributed by atoms with Crippen LogP contribution >= 0.6 is 11.3 Å². The molecule has 0 spiro atoms. The first-order valence-electron chi connectivity index (χ1n) is 4.72. The van der Waals surface area contributed by atoms with Crippen molar-refractivity contribution in [3.8, 4) is 0 Å². The van der Waals surface area contributed by atoms with Gasteiger partial charge in [0.15, 0.2) is 0 Å². The maximum absolute atomic E-state index is 5.44. The largest absolute Gasteiger partial charge is 0.330 e. The Labute approximate surface area is 84.4 Å². The number of likely N-dealkylation sites (N-methyl/N-ethyl adjacent to an activating group) is 1. The summed E-state index contributed by atoms with van der Waals surface area (Å²) in [5.74, 6) is 0. The molecule has 2 nitrogen and oxygen atoms in total. The maximum atomic E-state index is 5.44. The van der Waals surface area contributed by atoms with Crippen molar-refractivity contribution in [2.45, 2.75) is 12.8 Å². The summed E-state index contributed by atoms with van der Waals surface area (Å²) in [6.45, 7) is 3.04. The molecular formula is C10H18N2S. The van der Waals surface area contributed by atoms with Gasteiger partial charge in [-0.05, 0) is 55.4 Å². The number of nitrogens with zero attached hydrogens (tertiary/aromatic N) is 1. The van der Waals surface area contributed by atoms with E-state index in [4.69, 9.17) is 5.73 Å². The molecule has 0 bridgehead atoms. The number of hydrogen-bond acceptors (Lipinski definition) is 3. The Bertz CT molecular complexity index is 209. The quantitative estimate of drug-likeness (QED) is 0.752. The summed E-state index contributed by atoms with van der Waals surface area (Å²) in [5.41, 5.74) is 6.89. The Kier molecular flexibility index (Phi) is 5.05. The topological polar surface area (TPSA) is 29.3 Å². The monoisotopic (exact) mass is 198 g/mol. The average Bonchev–Trinajstić information content (AvgIpc) is 2.64. The van der Waals surface area contributed by atoms with E-state index in [1.807, 2.05) is 0 Å². The molecule has 0 fully saturated rings. The predicted molar refractivity (Wildman–Crippen MR) is 59.2 cm³/mol. The molecule has 2 N–H and O–H groups in total. The van der Waals surface area contributed by atoms with E-state index in [2.05, 4.69) is 28.8 Å². The zero-order valence-electron chi connectivity index (χ0n) is 8.20. The van der Waals surface area contributed by atoms with Crippen LogP contribution in [0.4, 0.5) is 0 Å². The van der Waals surface area contributed by atoms with Gasteiger partial charge in [-0.1, -0.05) is 0 Å². The Morgan fingerprint density at radius 3 is 2.92 bits per heavy atom. The fourth-order valence-electron chi connectivity index (χ4n) is 1.23. The SMILES string of the molecule is CN(CCCN)CCc1ccsc1. The van der Waals surface area contributed by atoms with Gasteiger partial charge < -0.3 is 10.6 Å². The lowest BCUT2D eigenvalue weighted by Gasteiger charge is -2.15. The molecule has 74 valence electrons. The molecule has 13 heavy (non-hydrogen) atoms. The summed E-state index contributed by atoms with van der Waals surface area (Å²) in [4.78, 5) is 2.34. The summed E-state index contributed by atoms with van der Waals surface area (Å²) in [5, 5.41) is 4.35. The Morgan fingerprint density at radius 1 is 1.46 bits per heavy atom. The summed E-state index contributed by atoms with van der Waals surface area (Å²) >= 11 is 1.77. The molecule has 1 rings (SSSR count). The van der Waals surface area contributed by atoms with Crippen LogP contribution in [-0.4, -0.2) is 31.6 Å². The van der Waals surface area contributed by atoms with Crippen molar-refractivity contribution in [3.05, 3.63) is 22.4 Å². The third-order valence-corrected chi connectivity index (χ3v) is 2.84. The third-order valence-electron chi connectivity index (χ3n) is 2.11. The van der Waals surface area contributed by atoms with Crippen molar-refractivity contribution in [1.29, 1.82) is 0 Å². The van der Waals surface area contributed by atoms with Gasteiger partial charge in [0.25, 0.3) is 0 Å². The highest BCUT2D eigenvalue weighted by molar-refractivity contribution is 7.07. The Hall–Kier alpha value is -0.380. The molecule has 1 aromatic heterocycles. The molecular weight excluding hydrogens is 180 g/mol. The standard InChI is InChI=1S/C10H18N2S/c1-12(6-2-5-11)7-3-10-4-8-13-9-10/h4,8-9H,2-3,5-7,11H2,1H3. The molecule has 3 heteroatoms. The third kappa shape index (κ3) is 4.41. The summed E-state index contributed by atoms with van der Waals surface area (Å²) in [6.07, 6.45) is 2.25. The second-order valence-electron chi connectivity index (χ2n) is 3.33. The minimum absolute atomic E-state index is 0.794. The van der Waals surface area contributed by atoms with Crippen molar-refractivity contribution >= 4 is 11.3 Å². The lowest BCUT2D eigenvalue weighted by molar-refractivity contribution is 0.336. The minimum Gasteiger partial charge on any atom is -0.330 e. The van der Waals surface area contributed by atoms with Gasteiger partial charge >= 0.3 is 0 Å². The highest BCUT2D eigenvalue weighted by Crippen LogP contribution is 2.06. The molecule has 0 radical (unpaired) electrons. The van der Waals surface area contributed by atoms with Crippen molar-refractivity contribution in [3.63, 3.8) is 0 Å². The van der Waals surface area contributed by atoms with E-state index in [9.17, 15) is 0 Å². The molecule has 0 saturated heterocycles. The van der Waals surface area contributed by atoms with Gasteiger partial charge in [0.1, 0.15) is 0 Å². The zero-order valence-corrected chi connectivity index (χ0v) is 9.02. The maximum Gasteiger partial charge on any atom is 0.00191 e. The molecule has 1 heterocycles. The van der Waals surface area contributed by atoms with Gasteiger partial charge in [-0.3, -0.25) is 0 Å². The van der Waals surface area contributed by atoms with Crippen LogP contribution < -0.4 is 5.73 Å². The van der Waals surface area contributed by atoms with Crippen LogP contribution in [0.15, 0.2) is 16.8 Å². The smallest absolute Gasteiger partial charge is 0.00191 e. The molecule has 1 aromatic rings. The van der Waals surface area contributed by atoms with Crippen molar-refractivity contribution in [2.75, 3.05) is 26.7 Å². The molecule has 0 aromatic carbocycles. The summed E-state index contributed by atoms with van der Waals surface area (Å²) in [7, 11) is 2.15. The number of thiophene rings is 1. The molecule has 0 aliphatic rings. The Balaban J connectivity index is 2.11. The van der Waals surface area contributed by atoms with Gasteiger partial charge in [0, 0.05) is 6.54 Å². The lowest BCUT2D eigenvalue weighted by Crippen LogP contribution is -2.24. The van der Waals surface area contributed by atoms with E-state index < -0.39 is 0 Å².